The highest BCUT2D eigenvalue weighted by Gasteiger charge is 2.20. The Hall–Kier alpha value is -1.84. The van der Waals surface area contributed by atoms with E-state index in [0.717, 1.165) is 43.4 Å². The number of anilines is 1. The fourth-order valence-corrected chi connectivity index (χ4v) is 2.73. The molecule has 4 nitrogen and oxygen atoms in total. The highest BCUT2D eigenvalue weighted by atomic mass is 16.2. The highest BCUT2D eigenvalue weighted by Crippen LogP contribution is 2.24. The van der Waals surface area contributed by atoms with Crippen LogP contribution in [0.4, 0.5) is 5.69 Å². The number of rotatable bonds is 7. The maximum absolute atomic E-state index is 12.4. The SMILES string of the molecule is CCCCC(CCC)NC(=O)c1ccc2c(c1)CC(=O)N2. The minimum absolute atomic E-state index is 0.00522. The molecule has 1 aromatic carbocycles. The summed E-state index contributed by atoms with van der Waals surface area (Å²) >= 11 is 0. The third kappa shape index (κ3) is 4.06. The van der Waals surface area contributed by atoms with Crippen LogP contribution in [0.5, 0.6) is 0 Å². The van der Waals surface area contributed by atoms with Crippen molar-refractivity contribution >= 4 is 17.5 Å². The molecule has 2 rings (SSSR count). The second-order valence-corrected chi connectivity index (χ2v) is 5.70. The zero-order valence-corrected chi connectivity index (χ0v) is 12.9. The normalized spacial score (nSPS) is 14.5. The van der Waals surface area contributed by atoms with Crippen LogP contribution in [0.25, 0.3) is 0 Å². The molecular formula is C17H24N2O2. The molecule has 21 heavy (non-hydrogen) atoms. The van der Waals surface area contributed by atoms with Gasteiger partial charge in [0.05, 0.1) is 6.42 Å². The molecule has 2 N–H and O–H groups in total. The van der Waals surface area contributed by atoms with E-state index >= 15 is 0 Å². The highest BCUT2D eigenvalue weighted by molar-refractivity contribution is 6.01. The number of fused-ring (bicyclic) bond motifs is 1. The van der Waals surface area contributed by atoms with E-state index in [1.54, 1.807) is 6.07 Å². The number of hydrogen-bond acceptors (Lipinski definition) is 2. The number of carbonyl (C=O) groups is 2. The number of nitrogens with one attached hydrogen (secondary N) is 2. The second-order valence-electron chi connectivity index (χ2n) is 5.70. The third-order valence-corrected chi connectivity index (χ3v) is 3.87. The van der Waals surface area contributed by atoms with Crippen molar-refractivity contribution < 1.29 is 9.59 Å². The van der Waals surface area contributed by atoms with Crippen molar-refractivity contribution in [1.29, 1.82) is 0 Å². The molecule has 0 saturated heterocycles. The summed E-state index contributed by atoms with van der Waals surface area (Å²) < 4.78 is 0. The van der Waals surface area contributed by atoms with Crippen LogP contribution in [0.2, 0.25) is 0 Å². The van der Waals surface area contributed by atoms with E-state index in [4.69, 9.17) is 0 Å². The minimum Gasteiger partial charge on any atom is -0.349 e. The summed E-state index contributed by atoms with van der Waals surface area (Å²) in [6.45, 7) is 4.30. The van der Waals surface area contributed by atoms with E-state index in [2.05, 4.69) is 24.5 Å². The number of amides is 2. The average Bonchev–Trinajstić information content (AvgIpc) is 2.83. The first-order valence-electron chi connectivity index (χ1n) is 7.87. The number of carbonyl (C=O) groups excluding carboxylic acids is 2. The molecule has 1 aliphatic heterocycles. The van der Waals surface area contributed by atoms with Crippen LogP contribution in [-0.4, -0.2) is 17.9 Å². The Morgan fingerprint density at radius 1 is 1.29 bits per heavy atom. The van der Waals surface area contributed by atoms with Crippen molar-refractivity contribution in [3.8, 4) is 0 Å². The Morgan fingerprint density at radius 3 is 2.81 bits per heavy atom. The van der Waals surface area contributed by atoms with Crippen molar-refractivity contribution in [1.82, 2.24) is 5.32 Å². The molecular weight excluding hydrogens is 264 g/mol. The van der Waals surface area contributed by atoms with Crippen LogP contribution in [0.15, 0.2) is 18.2 Å². The molecule has 114 valence electrons. The van der Waals surface area contributed by atoms with Crippen LogP contribution in [0.3, 0.4) is 0 Å². The summed E-state index contributed by atoms with van der Waals surface area (Å²) in [6, 6.07) is 5.67. The van der Waals surface area contributed by atoms with Crippen LogP contribution in [0, 0.1) is 0 Å². The lowest BCUT2D eigenvalue weighted by Crippen LogP contribution is -2.34. The van der Waals surface area contributed by atoms with Crippen LogP contribution in [0.1, 0.15) is 61.9 Å². The van der Waals surface area contributed by atoms with E-state index < -0.39 is 0 Å². The first kappa shape index (κ1) is 15.5. The molecule has 0 spiro atoms. The Balaban J connectivity index is 2.02. The lowest BCUT2D eigenvalue weighted by molar-refractivity contribution is -0.115. The summed E-state index contributed by atoms with van der Waals surface area (Å²) in [5.74, 6) is -0.0407. The van der Waals surface area contributed by atoms with E-state index in [0.29, 0.717) is 12.0 Å². The van der Waals surface area contributed by atoms with Gasteiger partial charge in [-0.3, -0.25) is 9.59 Å². The van der Waals surface area contributed by atoms with Gasteiger partial charge in [-0.25, -0.2) is 0 Å². The van der Waals surface area contributed by atoms with E-state index in [1.165, 1.54) is 0 Å². The van der Waals surface area contributed by atoms with Crippen molar-refractivity contribution in [2.45, 2.75) is 58.4 Å². The second kappa shape index (κ2) is 7.25. The van der Waals surface area contributed by atoms with Gasteiger partial charge in [0.2, 0.25) is 5.91 Å². The molecule has 0 saturated carbocycles. The molecule has 1 aromatic rings. The first-order chi connectivity index (χ1) is 10.1. The smallest absolute Gasteiger partial charge is 0.251 e. The van der Waals surface area contributed by atoms with Crippen LogP contribution < -0.4 is 10.6 Å². The number of benzene rings is 1. The summed E-state index contributed by atoms with van der Waals surface area (Å²) in [5.41, 5.74) is 2.38. The Kier molecular flexibility index (Phi) is 5.37. The zero-order valence-electron chi connectivity index (χ0n) is 12.9. The van der Waals surface area contributed by atoms with Crippen molar-refractivity contribution in [2.75, 3.05) is 5.32 Å². The largest absolute Gasteiger partial charge is 0.349 e. The topological polar surface area (TPSA) is 58.2 Å². The fourth-order valence-electron chi connectivity index (χ4n) is 2.73. The molecule has 0 bridgehead atoms. The Bertz CT molecular complexity index is 526. The third-order valence-electron chi connectivity index (χ3n) is 3.87. The molecule has 0 fully saturated rings. The summed E-state index contributed by atoms with van der Waals surface area (Å²) in [4.78, 5) is 23.7. The Labute approximate surface area is 126 Å². The summed E-state index contributed by atoms with van der Waals surface area (Å²) in [7, 11) is 0. The monoisotopic (exact) mass is 288 g/mol. The van der Waals surface area contributed by atoms with E-state index in [9.17, 15) is 9.59 Å². The average molecular weight is 288 g/mol. The summed E-state index contributed by atoms with van der Waals surface area (Å²) in [6.07, 6.45) is 5.75. The zero-order chi connectivity index (χ0) is 15.2. The molecule has 0 aromatic heterocycles. The van der Waals surface area contributed by atoms with Gasteiger partial charge in [-0.2, -0.15) is 0 Å². The van der Waals surface area contributed by atoms with Gasteiger partial charge >= 0.3 is 0 Å². The quantitative estimate of drug-likeness (QED) is 0.809. The maximum atomic E-state index is 12.4. The lowest BCUT2D eigenvalue weighted by Gasteiger charge is -2.18. The van der Waals surface area contributed by atoms with E-state index in [-0.39, 0.29) is 17.9 Å². The van der Waals surface area contributed by atoms with Crippen molar-refractivity contribution in [2.24, 2.45) is 0 Å². The molecule has 0 aliphatic carbocycles. The molecule has 1 unspecified atom stereocenters. The lowest BCUT2D eigenvalue weighted by atomic mass is 10.0. The molecule has 1 atom stereocenters. The van der Waals surface area contributed by atoms with Gasteiger partial charge in [-0.1, -0.05) is 33.1 Å². The molecule has 4 heteroatoms. The number of unbranched alkanes of at least 4 members (excludes halogenated alkanes) is 1. The maximum Gasteiger partial charge on any atom is 0.251 e. The van der Waals surface area contributed by atoms with E-state index in [1.807, 2.05) is 12.1 Å². The van der Waals surface area contributed by atoms with Crippen LogP contribution in [-0.2, 0) is 11.2 Å². The predicted molar refractivity (Wildman–Crippen MR) is 84.5 cm³/mol. The van der Waals surface area contributed by atoms with Gasteiger partial charge in [0.1, 0.15) is 0 Å². The Morgan fingerprint density at radius 2 is 2.10 bits per heavy atom. The fraction of sp³-hybridized carbons (Fsp3) is 0.529. The van der Waals surface area contributed by atoms with Gasteiger partial charge in [0.15, 0.2) is 0 Å². The van der Waals surface area contributed by atoms with Gasteiger partial charge < -0.3 is 10.6 Å². The van der Waals surface area contributed by atoms with Crippen LogP contribution >= 0.6 is 0 Å². The summed E-state index contributed by atoms with van der Waals surface area (Å²) in [5, 5.41) is 5.91. The number of hydrogen-bond donors (Lipinski definition) is 2. The molecule has 1 heterocycles. The molecule has 2 amide bonds. The van der Waals surface area contributed by atoms with Crippen molar-refractivity contribution in [3.05, 3.63) is 29.3 Å². The van der Waals surface area contributed by atoms with Gasteiger partial charge in [0.25, 0.3) is 5.91 Å². The van der Waals surface area contributed by atoms with Crippen molar-refractivity contribution in [3.63, 3.8) is 0 Å². The molecule has 0 radical (unpaired) electrons. The minimum atomic E-state index is -0.0355. The van der Waals surface area contributed by atoms with Gasteiger partial charge in [-0.05, 0) is 36.6 Å². The molecule has 1 aliphatic rings. The van der Waals surface area contributed by atoms with Gasteiger partial charge in [0, 0.05) is 17.3 Å². The standard InChI is InChI=1S/C17H24N2O2/c1-3-5-7-14(6-4-2)18-17(21)12-8-9-15-13(10-12)11-16(20)19-15/h8-10,14H,3-7,11H2,1-2H3,(H,18,21)(H,19,20). The first-order valence-corrected chi connectivity index (χ1v) is 7.87. The predicted octanol–water partition coefficient (Wildman–Crippen LogP) is 3.27. The van der Waals surface area contributed by atoms with Gasteiger partial charge in [-0.15, -0.1) is 0 Å².